The molecule has 18 heteroatoms. The third-order valence-corrected chi connectivity index (χ3v) is 9.62. The number of rotatable bonds is 16. The van der Waals surface area contributed by atoms with Crippen LogP contribution in [0, 0.1) is 13.8 Å². The summed E-state index contributed by atoms with van der Waals surface area (Å²) in [6.45, 7) is 15.5. The highest BCUT2D eigenvalue weighted by Gasteiger charge is 2.26. The monoisotopic (exact) mass is 908 g/mol. The first-order valence-electron chi connectivity index (χ1n) is 21.4. The van der Waals surface area contributed by atoms with Crippen molar-refractivity contribution in [1.29, 1.82) is 0 Å². The summed E-state index contributed by atoms with van der Waals surface area (Å²) in [6, 6.07) is 22.7. The van der Waals surface area contributed by atoms with E-state index in [1.807, 2.05) is 71.0 Å². The van der Waals surface area contributed by atoms with E-state index in [1.165, 1.54) is 12.0 Å². The molecule has 2 aromatic heterocycles. The molecule has 0 saturated heterocycles. The summed E-state index contributed by atoms with van der Waals surface area (Å²) in [5.41, 5.74) is 6.44. The number of carbonyl (C=O) groups excluding carboxylic acids is 3. The molecule has 6 aromatic rings. The number of ether oxygens (including phenoxy) is 3. The zero-order chi connectivity index (χ0) is 48.2. The smallest absolute Gasteiger partial charge is 0.407 e. The SMILES string of the molecule is COc1cc(NC(=O)CCCN(C(=O)O)C(C)(C)C)ccc1Nc1nc2ccc(C)cc2o1.COc1cc(NC(=O)CCCNC(=O)OC(C)(C)C)ccc1Nc1nc2ccc(C)cc2o1. The molecule has 4 amide bonds. The van der Waals surface area contributed by atoms with Crippen LogP contribution in [0.5, 0.6) is 11.5 Å². The van der Waals surface area contributed by atoms with Crippen LogP contribution in [0.25, 0.3) is 22.2 Å². The van der Waals surface area contributed by atoms with E-state index in [2.05, 4.69) is 36.6 Å². The number of amides is 4. The molecule has 18 nitrogen and oxygen atoms in total. The van der Waals surface area contributed by atoms with Gasteiger partial charge in [-0.25, -0.2) is 9.59 Å². The van der Waals surface area contributed by atoms with Crippen LogP contribution in [0.1, 0.15) is 78.4 Å². The largest absolute Gasteiger partial charge is 0.494 e. The molecule has 0 aliphatic heterocycles. The first-order valence-corrected chi connectivity index (χ1v) is 21.4. The minimum absolute atomic E-state index is 0.168. The lowest BCUT2D eigenvalue weighted by molar-refractivity contribution is -0.117. The summed E-state index contributed by atoms with van der Waals surface area (Å²) in [5, 5.41) is 23.9. The minimum Gasteiger partial charge on any atom is -0.494 e. The topological polar surface area (TPSA) is 232 Å². The Bertz CT molecular complexity index is 2640. The van der Waals surface area contributed by atoms with E-state index in [0.717, 1.165) is 22.2 Å². The highest BCUT2D eigenvalue weighted by molar-refractivity contribution is 5.92. The Morgan fingerprint density at radius 1 is 0.667 bits per heavy atom. The third-order valence-electron chi connectivity index (χ3n) is 9.62. The van der Waals surface area contributed by atoms with Gasteiger partial charge in [0.15, 0.2) is 11.2 Å². The van der Waals surface area contributed by atoms with Gasteiger partial charge in [0.1, 0.15) is 28.1 Å². The number of hydrogen-bond acceptors (Lipinski definition) is 13. The molecule has 0 atom stereocenters. The van der Waals surface area contributed by atoms with Crippen molar-refractivity contribution in [2.24, 2.45) is 0 Å². The fraction of sp³-hybridized carbons (Fsp3) is 0.375. The average Bonchev–Trinajstić information content (AvgIpc) is 3.83. The minimum atomic E-state index is -0.996. The Hall–Kier alpha value is -7.50. The predicted molar refractivity (Wildman–Crippen MR) is 254 cm³/mol. The Morgan fingerprint density at radius 2 is 1.14 bits per heavy atom. The van der Waals surface area contributed by atoms with Crippen molar-refractivity contribution in [1.82, 2.24) is 20.2 Å². The third kappa shape index (κ3) is 14.8. The van der Waals surface area contributed by atoms with Gasteiger partial charge in [-0.1, -0.05) is 12.1 Å². The van der Waals surface area contributed by atoms with E-state index in [1.54, 1.807) is 64.3 Å². The number of hydrogen-bond donors (Lipinski definition) is 6. The van der Waals surface area contributed by atoms with Gasteiger partial charge in [0, 0.05) is 55.0 Å². The maximum atomic E-state index is 12.4. The van der Waals surface area contributed by atoms with Crippen molar-refractivity contribution in [2.45, 2.75) is 92.2 Å². The second-order valence-corrected chi connectivity index (χ2v) is 17.4. The van der Waals surface area contributed by atoms with E-state index in [0.29, 0.717) is 76.8 Å². The lowest BCUT2D eigenvalue weighted by Crippen LogP contribution is -2.45. The summed E-state index contributed by atoms with van der Waals surface area (Å²) in [6.07, 6.45) is -0.137. The van der Waals surface area contributed by atoms with E-state index in [4.69, 9.17) is 23.0 Å². The molecule has 0 radical (unpaired) electrons. The van der Waals surface area contributed by atoms with Gasteiger partial charge >= 0.3 is 12.2 Å². The van der Waals surface area contributed by atoms with Crippen LogP contribution >= 0.6 is 0 Å². The molecule has 4 aromatic carbocycles. The summed E-state index contributed by atoms with van der Waals surface area (Å²) < 4.78 is 27.6. The number of methoxy groups -OCH3 is 2. The average molecular weight is 909 g/mol. The first kappa shape index (κ1) is 49.5. The van der Waals surface area contributed by atoms with E-state index in [-0.39, 0.29) is 31.2 Å². The van der Waals surface area contributed by atoms with Crippen LogP contribution < -0.4 is 36.1 Å². The first-order chi connectivity index (χ1) is 31.2. The number of aryl methyl sites for hydroxylation is 2. The van der Waals surface area contributed by atoms with Gasteiger partial charge in [-0.3, -0.25) is 9.59 Å². The maximum Gasteiger partial charge on any atom is 0.407 e. The van der Waals surface area contributed by atoms with Gasteiger partial charge in [0.2, 0.25) is 11.8 Å². The summed E-state index contributed by atoms with van der Waals surface area (Å²) in [5.74, 6) is 0.665. The van der Waals surface area contributed by atoms with Crippen molar-refractivity contribution in [3.63, 3.8) is 0 Å². The number of carbonyl (C=O) groups is 4. The summed E-state index contributed by atoms with van der Waals surface area (Å²) in [7, 11) is 3.08. The van der Waals surface area contributed by atoms with Crippen molar-refractivity contribution in [3.8, 4) is 11.5 Å². The molecule has 0 spiro atoms. The van der Waals surface area contributed by atoms with Gasteiger partial charge in [0.05, 0.1) is 25.6 Å². The molecule has 66 heavy (non-hydrogen) atoms. The standard InChI is InChI=1S/2C24H30N4O5/c1-15-8-10-18-20(13-15)33-22(27-18)26-17-11-9-16(14-19(17)32-5)25-21(29)7-6-12-28(23(30)31)24(2,3)4;1-15-8-10-18-20(13-15)32-22(28-18)27-17-11-9-16(14-19(17)31-5)26-21(29)7-6-12-25-23(30)33-24(2,3)4/h8-11,13-14H,6-7,12H2,1-5H3,(H,25,29)(H,26,27)(H,30,31);8-11,13-14H,6-7,12H2,1-5H3,(H,25,30)(H,26,29)(H,27,28). The number of fused-ring (bicyclic) bond motifs is 2. The second kappa shape index (κ2) is 21.9. The Labute approximate surface area is 383 Å². The van der Waals surface area contributed by atoms with Gasteiger partial charge in [-0.15, -0.1) is 0 Å². The number of nitrogens with one attached hydrogen (secondary N) is 5. The fourth-order valence-corrected chi connectivity index (χ4v) is 6.46. The lowest BCUT2D eigenvalue weighted by atomic mass is 10.1. The van der Waals surface area contributed by atoms with Gasteiger partial charge in [-0.05, 0) is 128 Å². The highest BCUT2D eigenvalue weighted by Crippen LogP contribution is 2.33. The molecular formula is C48H60N8O10. The van der Waals surface area contributed by atoms with Crippen LogP contribution in [-0.4, -0.2) is 82.4 Å². The van der Waals surface area contributed by atoms with Crippen molar-refractivity contribution in [3.05, 3.63) is 83.9 Å². The number of oxazole rings is 2. The number of nitrogens with zero attached hydrogens (tertiary/aromatic N) is 3. The van der Waals surface area contributed by atoms with Crippen molar-refractivity contribution >= 4 is 81.0 Å². The van der Waals surface area contributed by atoms with E-state index >= 15 is 0 Å². The highest BCUT2D eigenvalue weighted by atomic mass is 16.6. The van der Waals surface area contributed by atoms with Crippen LogP contribution in [0.2, 0.25) is 0 Å². The zero-order valence-corrected chi connectivity index (χ0v) is 39.1. The van der Waals surface area contributed by atoms with Crippen molar-refractivity contribution < 1.29 is 47.3 Å². The molecule has 0 bridgehead atoms. The van der Waals surface area contributed by atoms with Gasteiger partial charge < -0.3 is 59.6 Å². The maximum absolute atomic E-state index is 12.4. The molecular weight excluding hydrogens is 849 g/mol. The van der Waals surface area contributed by atoms with E-state index < -0.39 is 23.3 Å². The number of aromatic nitrogens is 2. The second-order valence-electron chi connectivity index (χ2n) is 17.4. The summed E-state index contributed by atoms with van der Waals surface area (Å²) in [4.78, 5) is 57.8. The number of anilines is 6. The molecule has 6 N–H and O–H groups in total. The van der Waals surface area contributed by atoms with Crippen LogP contribution in [-0.2, 0) is 14.3 Å². The predicted octanol–water partition coefficient (Wildman–Crippen LogP) is 10.5. The molecule has 0 fully saturated rings. The Kier molecular flexibility index (Phi) is 16.4. The Balaban J connectivity index is 0.000000247. The Morgan fingerprint density at radius 3 is 1.56 bits per heavy atom. The lowest BCUT2D eigenvalue weighted by Gasteiger charge is -2.33. The van der Waals surface area contributed by atoms with Crippen LogP contribution in [0.4, 0.5) is 44.4 Å². The molecule has 0 aliphatic rings. The van der Waals surface area contributed by atoms with Crippen LogP contribution in [0.15, 0.2) is 81.6 Å². The van der Waals surface area contributed by atoms with E-state index in [9.17, 15) is 24.3 Å². The molecule has 0 unspecified atom stereocenters. The molecule has 6 rings (SSSR count). The number of benzene rings is 4. The molecule has 352 valence electrons. The molecule has 0 aliphatic carbocycles. The fourth-order valence-electron chi connectivity index (χ4n) is 6.46. The molecule has 0 saturated carbocycles. The normalized spacial score (nSPS) is 11.2. The van der Waals surface area contributed by atoms with Crippen LogP contribution in [0.3, 0.4) is 0 Å². The zero-order valence-electron chi connectivity index (χ0n) is 39.1. The number of alkyl carbamates (subject to hydrolysis) is 1. The quantitative estimate of drug-likeness (QED) is 0.0496. The van der Waals surface area contributed by atoms with Gasteiger partial charge in [0.25, 0.3) is 12.0 Å². The molecule has 2 heterocycles. The number of carboxylic acid groups (broad SMARTS) is 1. The van der Waals surface area contributed by atoms with Crippen molar-refractivity contribution in [2.75, 3.05) is 48.6 Å². The summed E-state index contributed by atoms with van der Waals surface area (Å²) >= 11 is 0. The van der Waals surface area contributed by atoms with Gasteiger partial charge in [-0.2, -0.15) is 9.97 Å².